The molecule has 0 radical (unpaired) electrons. The Morgan fingerprint density at radius 3 is 2.45 bits per heavy atom. The summed E-state index contributed by atoms with van der Waals surface area (Å²) in [6.45, 7) is 2.09. The van der Waals surface area contributed by atoms with Crippen molar-refractivity contribution >= 4 is 35.1 Å². The third kappa shape index (κ3) is 5.29. The molecule has 8 heteroatoms. The molecule has 2 aromatic carbocycles. The molecular formula is C21H20N4O4. The molecule has 0 spiro atoms. The zero-order valence-electron chi connectivity index (χ0n) is 16.0. The minimum atomic E-state index is -0.412. The summed E-state index contributed by atoms with van der Waals surface area (Å²) in [5.74, 6) is 0.149. The van der Waals surface area contributed by atoms with Crippen LogP contribution in [0.1, 0.15) is 27.6 Å². The molecule has 3 rings (SSSR count). The SMILES string of the molecule is CCOC(=O)c1ccc(Nc2nccc(Nc3cccc(C(=O)OC)c3)n2)cc1. The van der Waals surface area contributed by atoms with Gasteiger partial charge in [0, 0.05) is 17.6 Å². The largest absolute Gasteiger partial charge is 0.465 e. The Labute approximate surface area is 167 Å². The third-order valence-corrected chi connectivity index (χ3v) is 3.86. The second-order valence-electron chi connectivity index (χ2n) is 5.89. The minimum Gasteiger partial charge on any atom is -0.465 e. The lowest BCUT2D eigenvalue weighted by atomic mass is 10.2. The molecule has 148 valence electrons. The zero-order valence-corrected chi connectivity index (χ0v) is 16.0. The Kier molecular flexibility index (Phi) is 6.36. The van der Waals surface area contributed by atoms with Crippen LogP contribution < -0.4 is 10.6 Å². The first-order valence-corrected chi connectivity index (χ1v) is 8.91. The first-order valence-electron chi connectivity index (χ1n) is 8.91. The van der Waals surface area contributed by atoms with E-state index in [1.807, 2.05) is 6.07 Å². The van der Waals surface area contributed by atoms with Gasteiger partial charge in [0.1, 0.15) is 5.82 Å². The first kappa shape index (κ1) is 19.8. The van der Waals surface area contributed by atoms with Crippen molar-refractivity contribution in [3.8, 4) is 0 Å². The zero-order chi connectivity index (χ0) is 20.6. The van der Waals surface area contributed by atoms with Gasteiger partial charge in [-0.1, -0.05) is 6.07 Å². The van der Waals surface area contributed by atoms with Gasteiger partial charge in [-0.25, -0.2) is 14.6 Å². The number of rotatable bonds is 7. The Hall–Kier alpha value is -3.94. The van der Waals surface area contributed by atoms with Gasteiger partial charge >= 0.3 is 11.9 Å². The maximum atomic E-state index is 11.7. The standard InChI is InChI=1S/C21H20N4O4/c1-3-29-20(27)14-7-9-16(10-8-14)24-21-22-12-11-18(25-21)23-17-6-4-5-15(13-17)19(26)28-2/h4-13H,3H2,1-2H3,(H2,22,23,24,25). The van der Waals surface area contributed by atoms with Gasteiger partial charge in [0.05, 0.1) is 24.8 Å². The molecule has 0 saturated carbocycles. The van der Waals surface area contributed by atoms with Crippen LogP contribution in [0, 0.1) is 0 Å². The lowest BCUT2D eigenvalue weighted by molar-refractivity contribution is 0.0525. The van der Waals surface area contributed by atoms with E-state index in [1.54, 1.807) is 61.7 Å². The number of hydrogen-bond donors (Lipinski definition) is 2. The highest BCUT2D eigenvalue weighted by Crippen LogP contribution is 2.19. The van der Waals surface area contributed by atoms with Gasteiger partial charge in [-0.15, -0.1) is 0 Å². The maximum absolute atomic E-state index is 11.7. The predicted octanol–water partition coefficient (Wildman–Crippen LogP) is 3.93. The smallest absolute Gasteiger partial charge is 0.338 e. The first-order chi connectivity index (χ1) is 14.1. The number of nitrogens with one attached hydrogen (secondary N) is 2. The van der Waals surface area contributed by atoms with Gasteiger partial charge in [0.15, 0.2) is 0 Å². The number of aromatic nitrogens is 2. The van der Waals surface area contributed by atoms with E-state index in [0.29, 0.717) is 35.2 Å². The molecule has 0 fully saturated rings. The Balaban J connectivity index is 1.70. The lowest BCUT2D eigenvalue weighted by Gasteiger charge is -2.09. The molecule has 1 heterocycles. The summed E-state index contributed by atoms with van der Waals surface area (Å²) in [6, 6.07) is 15.4. The third-order valence-electron chi connectivity index (χ3n) is 3.86. The molecule has 29 heavy (non-hydrogen) atoms. The van der Waals surface area contributed by atoms with Gasteiger partial charge in [-0.3, -0.25) is 0 Å². The number of esters is 2. The van der Waals surface area contributed by atoms with Crippen LogP contribution in [0.3, 0.4) is 0 Å². The van der Waals surface area contributed by atoms with Crippen LogP contribution in [-0.4, -0.2) is 35.6 Å². The van der Waals surface area contributed by atoms with Gasteiger partial charge in [0.2, 0.25) is 5.95 Å². The molecule has 2 N–H and O–H groups in total. The summed E-state index contributed by atoms with van der Waals surface area (Å²) in [6.07, 6.45) is 1.61. The fraction of sp³-hybridized carbons (Fsp3) is 0.143. The number of ether oxygens (including phenoxy) is 2. The minimum absolute atomic E-state index is 0.328. The number of methoxy groups -OCH3 is 1. The lowest BCUT2D eigenvalue weighted by Crippen LogP contribution is -2.05. The van der Waals surface area contributed by atoms with E-state index in [2.05, 4.69) is 20.6 Å². The number of carbonyl (C=O) groups is 2. The average molecular weight is 392 g/mol. The van der Waals surface area contributed by atoms with Crippen molar-refractivity contribution in [3.63, 3.8) is 0 Å². The van der Waals surface area contributed by atoms with Crippen LogP contribution in [-0.2, 0) is 9.47 Å². The number of nitrogens with zero attached hydrogens (tertiary/aromatic N) is 2. The van der Waals surface area contributed by atoms with Crippen molar-refractivity contribution in [2.45, 2.75) is 6.92 Å². The number of hydrogen-bond acceptors (Lipinski definition) is 8. The van der Waals surface area contributed by atoms with E-state index >= 15 is 0 Å². The molecule has 0 amide bonds. The van der Waals surface area contributed by atoms with Crippen molar-refractivity contribution in [2.75, 3.05) is 24.4 Å². The Morgan fingerprint density at radius 2 is 1.72 bits per heavy atom. The topological polar surface area (TPSA) is 102 Å². The summed E-state index contributed by atoms with van der Waals surface area (Å²) < 4.78 is 9.70. The van der Waals surface area contributed by atoms with Crippen LogP contribution >= 0.6 is 0 Å². The number of carbonyl (C=O) groups excluding carboxylic acids is 2. The van der Waals surface area contributed by atoms with Gasteiger partial charge < -0.3 is 20.1 Å². The Bertz CT molecular complexity index is 1010. The number of benzene rings is 2. The van der Waals surface area contributed by atoms with E-state index < -0.39 is 5.97 Å². The second kappa shape index (κ2) is 9.32. The van der Waals surface area contributed by atoms with E-state index in [9.17, 15) is 9.59 Å². The normalized spacial score (nSPS) is 10.1. The monoisotopic (exact) mass is 392 g/mol. The van der Waals surface area contributed by atoms with Crippen LogP contribution in [0.15, 0.2) is 60.8 Å². The summed E-state index contributed by atoms with van der Waals surface area (Å²) in [5, 5.41) is 6.21. The number of anilines is 4. The van der Waals surface area contributed by atoms with Crippen LogP contribution in [0.4, 0.5) is 23.1 Å². The maximum Gasteiger partial charge on any atom is 0.338 e. The molecule has 0 unspecified atom stereocenters. The van der Waals surface area contributed by atoms with Crippen molar-refractivity contribution in [2.24, 2.45) is 0 Å². The van der Waals surface area contributed by atoms with Crippen molar-refractivity contribution in [1.82, 2.24) is 9.97 Å². The molecule has 1 aromatic heterocycles. The van der Waals surface area contributed by atoms with Gasteiger partial charge in [-0.05, 0) is 55.5 Å². The van der Waals surface area contributed by atoms with Crippen molar-refractivity contribution in [3.05, 3.63) is 71.9 Å². The van der Waals surface area contributed by atoms with Gasteiger partial charge in [0.25, 0.3) is 0 Å². The summed E-state index contributed by atoms with van der Waals surface area (Å²) >= 11 is 0. The molecule has 8 nitrogen and oxygen atoms in total. The van der Waals surface area contributed by atoms with Crippen LogP contribution in [0.5, 0.6) is 0 Å². The summed E-state index contributed by atoms with van der Waals surface area (Å²) in [7, 11) is 1.34. The molecule has 0 atom stereocenters. The fourth-order valence-electron chi connectivity index (χ4n) is 2.51. The van der Waals surface area contributed by atoms with Crippen LogP contribution in [0.25, 0.3) is 0 Å². The Morgan fingerprint density at radius 1 is 0.931 bits per heavy atom. The quantitative estimate of drug-likeness (QED) is 0.583. The fourth-order valence-corrected chi connectivity index (χ4v) is 2.51. The highest BCUT2D eigenvalue weighted by Gasteiger charge is 2.08. The van der Waals surface area contributed by atoms with E-state index in [-0.39, 0.29) is 5.97 Å². The molecule has 0 saturated heterocycles. The molecule has 0 aliphatic rings. The highest BCUT2D eigenvalue weighted by atomic mass is 16.5. The van der Waals surface area contributed by atoms with E-state index in [0.717, 1.165) is 5.69 Å². The molecular weight excluding hydrogens is 372 g/mol. The van der Waals surface area contributed by atoms with Crippen molar-refractivity contribution < 1.29 is 19.1 Å². The van der Waals surface area contributed by atoms with E-state index in [1.165, 1.54) is 7.11 Å². The van der Waals surface area contributed by atoms with Gasteiger partial charge in [-0.2, -0.15) is 4.98 Å². The summed E-state index contributed by atoms with van der Waals surface area (Å²) in [4.78, 5) is 32.0. The predicted molar refractivity (Wildman–Crippen MR) is 109 cm³/mol. The van der Waals surface area contributed by atoms with E-state index in [4.69, 9.17) is 9.47 Å². The summed E-state index contributed by atoms with van der Waals surface area (Å²) in [5.41, 5.74) is 2.32. The van der Waals surface area contributed by atoms with Crippen molar-refractivity contribution in [1.29, 1.82) is 0 Å². The molecule has 0 aliphatic carbocycles. The molecule has 0 aliphatic heterocycles. The average Bonchev–Trinajstić information content (AvgIpc) is 2.74. The molecule has 3 aromatic rings. The van der Waals surface area contributed by atoms with Crippen LogP contribution in [0.2, 0.25) is 0 Å². The second-order valence-corrected chi connectivity index (χ2v) is 5.89. The molecule has 0 bridgehead atoms. The highest BCUT2D eigenvalue weighted by molar-refractivity contribution is 5.91.